The van der Waals surface area contributed by atoms with Gasteiger partial charge in [0, 0.05) is 5.69 Å². The molecular weight excluding hydrogens is 371 g/mol. The van der Waals surface area contributed by atoms with Crippen molar-refractivity contribution in [2.45, 2.75) is 18.7 Å². The minimum absolute atomic E-state index is 0.149. The van der Waals surface area contributed by atoms with E-state index in [1.165, 1.54) is 12.1 Å². The Morgan fingerprint density at radius 2 is 1.75 bits per heavy atom. The zero-order valence-electron chi connectivity index (χ0n) is 13.1. The minimum Gasteiger partial charge on any atom is -0.325 e. The topological polar surface area (TPSA) is 75.3 Å². The van der Waals surface area contributed by atoms with Gasteiger partial charge in [0.15, 0.2) is 0 Å². The molecule has 0 bridgehead atoms. The van der Waals surface area contributed by atoms with Crippen LogP contribution in [0.3, 0.4) is 0 Å². The quantitative estimate of drug-likeness (QED) is 0.824. The molecule has 0 aliphatic carbocycles. The van der Waals surface area contributed by atoms with Crippen LogP contribution in [0.15, 0.2) is 41.3 Å². The monoisotopic (exact) mass is 386 g/mol. The normalized spacial score (nSPS) is 11.3. The van der Waals surface area contributed by atoms with Gasteiger partial charge >= 0.3 is 0 Å². The first-order valence-corrected chi connectivity index (χ1v) is 9.25. The first-order chi connectivity index (χ1) is 11.2. The average Bonchev–Trinajstić information content (AvgIpc) is 2.49. The lowest BCUT2D eigenvalue weighted by atomic mass is 10.2. The van der Waals surface area contributed by atoms with Crippen LogP contribution >= 0.6 is 23.2 Å². The second-order valence-corrected chi connectivity index (χ2v) is 7.82. The molecule has 1 amide bonds. The highest BCUT2D eigenvalue weighted by Crippen LogP contribution is 2.25. The predicted octanol–water partition coefficient (Wildman–Crippen LogP) is 3.53. The summed E-state index contributed by atoms with van der Waals surface area (Å²) >= 11 is 11.7. The van der Waals surface area contributed by atoms with E-state index in [9.17, 15) is 13.2 Å². The summed E-state index contributed by atoms with van der Waals surface area (Å²) < 4.78 is 26.9. The molecule has 2 rings (SSSR count). The Bertz CT molecular complexity index is 883. The van der Waals surface area contributed by atoms with Gasteiger partial charge in [-0.2, -0.15) is 0 Å². The van der Waals surface area contributed by atoms with Crippen LogP contribution < -0.4 is 10.0 Å². The summed E-state index contributed by atoms with van der Waals surface area (Å²) in [5, 5.41) is 3.21. The van der Waals surface area contributed by atoms with Crippen LogP contribution in [0.2, 0.25) is 10.0 Å². The predicted molar refractivity (Wildman–Crippen MR) is 96.2 cm³/mol. The molecule has 2 N–H and O–H groups in total. The van der Waals surface area contributed by atoms with Gasteiger partial charge in [-0.15, -0.1) is 0 Å². The summed E-state index contributed by atoms with van der Waals surface area (Å²) in [6.07, 6.45) is 0. The average molecular weight is 387 g/mol. The lowest BCUT2D eigenvalue weighted by Gasteiger charge is -2.10. The Morgan fingerprint density at radius 3 is 2.38 bits per heavy atom. The maximum absolute atomic E-state index is 12.3. The van der Waals surface area contributed by atoms with Crippen LogP contribution in [0, 0.1) is 13.8 Å². The number of anilines is 1. The summed E-state index contributed by atoms with van der Waals surface area (Å²) in [4.78, 5) is 12.1. The number of carbonyl (C=O) groups excluding carboxylic acids is 1. The second-order valence-electron chi connectivity index (χ2n) is 5.27. The molecule has 2 aromatic rings. The molecular formula is C16H16Cl2N2O3S. The van der Waals surface area contributed by atoms with Gasteiger partial charge in [0.1, 0.15) is 0 Å². The third kappa shape index (κ3) is 4.70. The van der Waals surface area contributed by atoms with Gasteiger partial charge in [-0.25, -0.2) is 13.1 Å². The molecule has 0 unspecified atom stereocenters. The SMILES string of the molecule is Cc1ccc(S(=O)(=O)NCC(=O)Nc2ccc(Cl)c(Cl)c2)c(C)c1. The van der Waals surface area contributed by atoms with Crippen LogP contribution in [0.4, 0.5) is 5.69 Å². The van der Waals surface area contributed by atoms with E-state index in [0.717, 1.165) is 5.56 Å². The minimum atomic E-state index is -3.77. The number of halogens is 2. The molecule has 0 spiro atoms. The summed E-state index contributed by atoms with van der Waals surface area (Å²) in [5.41, 5.74) is 2.01. The van der Waals surface area contributed by atoms with Crippen molar-refractivity contribution >= 4 is 44.8 Å². The molecule has 0 aromatic heterocycles. The molecule has 0 atom stereocenters. The Labute approximate surface area is 151 Å². The number of nitrogens with one attached hydrogen (secondary N) is 2. The van der Waals surface area contributed by atoms with Crippen molar-refractivity contribution in [2.24, 2.45) is 0 Å². The largest absolute Gasteiger partial charge is 0.325 e. The lowest BCUT2D eigenvalue weighted by Crippen LogP contribution is -2.33. The van der Waals surface area contributed by atoms with E-state index in [1.807, 2.05) is 6.92 Å². The zero-order valence-corrected chi connectivity index (χ0v) is 15.4. The molecule has 0 aliphatic rings. The molecule has 0 fully saturated rings. The lowest BCUT2D eigenvalue weighted by molar-refractivity contribution is -0.115. The van der Waals surface area contributed by atoms with E-state index in [0.29, 0.717) is 21.3 Å². The number of benzene rings is 2. The van der Waals surface area contributed by atoms with Crippen molar-refractivity contribution in [2.75, 3.05) is 11.9 Å². The third-order valence-corrected chi connectivity index (χ3v) is 5.55. The van der Waals surface area contributed by atoms with Gasteiger partial charge in [0.05, 0.1) is 21.5 Å². The number of hydrogen-bond acceptors (Lipinski definition) is 3. The number of amides is 1. The van der Waals surface area contributed by atoms with Gasteiger partial charge in [-0.1, -0.05) is 40.9 Å². The summed E-state index contributed by atoms with van der Waals surface area (Å²) in [5.74, 6) is -0.512. The van der Waals surface area contributed by atoms with E-state index >= 15 is 0 Å². The Kier molecular flexibility index (Phi) is 5.87. The molecule has 0 saturated carbocycles. The van der Waals surface area contributed by atoms with Crippen LogP contribution in [0.25, 0.3) is 0 Å². The van der Waals surface area contributed by atoms with Crippen LogP contribution in [-0.4, -0.2) is 20.9 Å². The van der Waals surface area contributed by atoms with Crippen molar-refractivity contribution in [3.8, 4) is 0 Å². The van der Waals surface area contributed by atoms with Crippen molar-refractivity contribution in [1.82, 2.24) is 4.72 Å². The van der Waals surface area contributed by atoms with E-state index in [4.69, 9.17) is 23.2 Å². The van der Waals surface area contributed by atoms with E-state index in [1.54, 1.807) is 31.2 Å². The molecule has 0 saturated heterocycles. The highest BCUT2D eigenvalue weighted by Gasteiger charge is 2.18. The molecule has 24 heavy (non-hydrogen) atoms. The number of rotatable bonds is 5. The van der Waals surface area contributed by atoms with E-state index < -0.39 is 22.5 Å². The van der Waals surface area contributed by atoms with Crippen LogP contribution in [0.1, 0.15) is 11.1 Å². The molecule has 0 aliphatic heterocycles. The Balaban J connectivity index is 2.03. The smallest absolute Gasteiger partial charge is 0.241 e. The highest BCUT2D eigenvalue weighted by atomic mass is 35.5. The first-order valence-electron chi connectivity index (χ1n) is 7.01. The molecule has 8 heteroatoms. The van der Waals surface area contributed by atoms with Crippen molar-refractivity contribution < 1.29 is 13.2 Å². The molecule has 5 nitrogen and oxygen atoms in total. The maximum Gasteiger partial charge on any atom is 0.241 e. The van der Waals surface area contributed by atoms with Crippen molar-refractivity contribution in [3.63, 3.8) is 0 Å². The summed E-state index contributed by atoms with van der Waals surface area (Å²) in [6, 6.07) is 9.59. The summed E-state index contributed by atoms with van der Waals surface area (Å²) in [7, 11) is -3.77. The van der Waals surface area contributed by atoms with Gasteiger partial charge in [0.25, 0.3) is 0 Å². The number of aryl methyl sites for hydroxylation is 2. The second kappa shape index (κ2) is 7.53. The Hall–Kier alpha value is -1.60. The van der Waals surface area contributed by atoms with E-state index in [-0.39, 0.29) is 4.90 Å². The van der Waals surface area contributed by atoms with Gasteiger partial charge in [-0.05, 0) is 43.7 Å². The number of hydrogen-bond donors (Lipinski definition) is 2. The standard InChI is InChI=1S/C16H16Cl2N2O3S/c1-10-3-6-15(11(2)7-10)24(22,23)19-9-16(21)20-12-4-5-13(17)14(18)8-12/h3-8,19H,9H2,1-2H3,(H,20,21). The molecule has 2 aromatic carbocycles. The van der Waals surface area contributed by atoms with Gasteiger partial charge < -0.3 is 5.32 Å². The van der Waals surface area contributed by atoms with Crippen molar-refractivity contribution in [3.05, 3.63) is 57.6 Å². The van der Waals surface area contributed by atoms with Crippen LogP contribution in [-0.2, 0) is 14.8 Å². The highest BCUT2D eigenvalue weighted by molar-refractivity contribution is 7.89. The Morgan fingerprint density at radius 1 is 1.04 bits per heavy atom. The molecule has 0 heterocycles. The number of carbonyl (C=O) groups is 1. The molecule has 128 valence electrons. The summed E-state index contributed by atoms with van der Waals surface area (Å²) in [6.45, 7) is 3.19. The first kappa shape index (κ1) is 18.7. The fourth-order valence-electron chi connectivity index (χ4n) is 2.12. The fourth-order valence-corrected chi connectivity index (χ4v) is 3.62. The van der Waals surface area contributed by atoms with Crippen LogP contribution in [0.5, 0.6) is 0 Å². The van der Waals surface area contributed by atoms with Gasteiger partial charge in [0.2, 0.25) is 15.9 Å². The third-order valence-electron chi connectivity index (χ3n) is 3.25. The molecule has 0 radical (unpaired) electrons. The fraction of sp³-hybridized carbons (Fsp3) is 0.188. The number of sulfonamides is 1. The van der Waals surface area contributed by atoms with Crippen molar-refractivity contribution in [1.29, 1.82) is 0 Å². The van der Waals surface area contributed by atoms with Gasteiger partial charge in [-0.3, -0.25) is 4.79 Å². The zero-order chi connectivity index (χ0) is 17.9. The van der Waals surface area contributed by atoms with E-state index in [2.05, 4.69) is 10.0 Å². The maximum atomic E-state index is 12.3.